The summed E-state index contributed by atoms with van der Waals surface area (Å²) in [6.07, 6.45) is 4.44. The molecular weight excluding hydrogens is 491 g/mol. The zero-order valence-corrected chi connectivity index (χ0v) is 21.4. The SMILES string of the molecule is Clc1ccc(Cn2nnnc2C(c2ccccc2)N2CCN(CC=Cc3ccccc3)CC2)cc1Cl. The highest BCUT2D eigenvalue weighted by molar-refractivity contribution is 6.42. The van der Waals surface area contributed by atoms with Crippen LogP contribution in [0.1, 0.15) is 28.6 Å². The lowest BCUT2D eigenvalue weighted by atomic mass is 10.0. The van der Waals surface area contributed by atoms with Crippen molar-refractivity contribution in [2.75, 3.05) is 32.7 Å². The van der Waals surface area contributed by atoms with Crippen LogP contribution >= 0.6 is 23.2 Å². The van der Waals surface area contributed by atoms with Crippen molar-refractivity contribution in [1.29, 1.82) is 0 Å². The van der Waals surface area contributed by atoms with Crippen LogP contribution in [0.15, 0.2) is 84.9 Å². The Bertz CT molecular complexity index is 1280. The van der Waals surface area contributed by atoms with Crippen LogP contribution in [0, 0.1) is 0 Å². The van der Waals surface area contributed by atoms with E-state index in [1.165, 1.54) is 11.1 Å². The number of rotatable bonds is 8. The summed E-state index contributed by atoms with van der Waals surface area (Å²) in [5.41, 5.74) is 3.41. The average Bonchev–Trinajstić information content (AvgIpc) is 3.36. The Morgan fingerprint density at radius 1 is 0.833 bits per heavy atom. The van der Waals surface area contributed by atoms with E-state index in [2.05, 4.69) is 86.0 Å². The number of benzene rings is 3. The number of aromatic nitrogens is 4. The maximum absolute atomic E-state index is 6.25. The fourth-order valence-corrected chi connectivity index (χ4v) is 4.92. The molecule has 0 spiro atoms. The molecule has 0 radical (unpaired) electrons. The molecule has 1 saturated heterocycles. The van der Waals surface area contributed by atoms with Gasteiger partial charge in [0, 0.05) is 32.7 Å². The Morgan fingerprint density at radius 3 is 2.28 bits per heavy atom. The average molecular weight is 519 g/mol. The van der Waals surface area contributed by atoms with Crippen LogP contribution in [0.25, 0.3) is 6.08 Å². The van der Waals surface area contributed by atoms with Gasteiger partial charge in [-0.25, -0.2) is 4.68 Å². The number of hydrogen-bond acceptors (Lipinski definition) is 5. The molecule has 1 fully saturated rings. The molecule has 1 atom stereocenters. The smallest absolute Gasteiger partial charge is 0.173 e. The van der Waals surface area contributed by atoms with Crippen molar-refractivity contribution in [2.24, 2.45) is 0 Å². The summed E-state index contributed by atoms with van der Waals surface area (Å²) < 4.78 is 1.87. The second-order valence-corrected chi connectivity index (χ2v) is 9.72. The first-order chi connectivity index (χ1) is 17.7. The van der Waals surface area contributed by atoms with Gasteiger partial charge < -0.3 is 0 Å². The minimum atomic E-state index is -0.0361. The molecule has 1 unspecified atom stereocenters. The fraction of sp³-hybridized carbons (Fsp3) is 0.250. The highest BCUT2D eigenvalue weighted by Gasteiger charge is 2.30. The second-order valence-electron chi connectivity index (χ2n) is 8.91. The van der Waals surface area contributed by atoms with Gasteiger partial charge in [0.15, 0.2) is 5.82 Å². The molecular formula is C28H28Cl2N6. The van der Waals surface area contributed by atoms with Crippen molar-refractivity contribution in [3.8, 4) is 0 Å². The van der Waals surface area contributed by atoms with Gasteiger partial charge in [-0.3, -0.25) is 9.80 Å². The Morgan fingerprint density at radius 2 is 1.56 bits per heavy atom. The molecule has 6 nitrogen and oxygen atoms in total. The summed E-state index contributed by atoms with van der Waals surface area (Å²) in [5.74, 6) is 0.824. The molecule has 1 aromatic heterocycles. The fourth-order valence-electron chi connectivity index (χ4n) is 4.60. The molecule has 3 aromatic carbocycles. The minimum Gasteiger partial charge on any atom is -0.297 e. The topological polar surface area (TPSA) is 50.1 Å². The van der Waals surface area contributed by atoms with E-state index in [0.29, 0.717) is 16.6 Å². The molecule has 184 valence electrons. The lowest BCUT2D eigenvalue weighted by Crippen LogP contribution is -2.48. The van der Waals surface area contributed by atoms with Crippen molar-refractivity contribution in [2.45, 2.75) is 12.6 Å². The molecule has 5 rings (SSSR count). The van der Waals surface area contributed by atoms with Crippen LogP contribution in [0.5, 0.6) is 0 Å². The number of halogens is 2. The predicted octanol–water partition coefficient (Wildman–Crippen LogP) is 5.45. The number of hydrogen-bond donors (Lipinski definition) is 0. The molecule has 0 amide bonds. The molecule has 36 heavy (non-hydrogen) atoms. The largest absolute Gasteiger partial charge is 0.297 e. The molecule has 8 heteroatoms. The molecule has 0 N–H and O–H groups in total. The third kappa shape index (κ3) is 6.02. The summed E-state index contributed by atoms with van der Waals surface area (Å²) in [6.45, 7) is 5.28. The van der Waals surface area contributed by atoms with Gasteiger partial charge in [0.25, 0.3) is 0 Å². The van der Waals surface area contributed by atoms with Crippen molar-refractivity contribution in [3.63, 3.8) is 0 Å². The molecule has 1 aliphatic heterocycles. The maximum Gasteiger partial charge on any atom is 0.173 e. The Kier molecular flexibility index (Phi) is 8.08. The minimum absolute atomic E-state index is 0.0361. The van der Waals surface area contributed by atoms with Gasteiger partial charge in [-0.05, 0) is 39.2 Å². The van der Waals surface area contributed by atoms with Gasteiger partial charge in [-0.1, -0.05) is 102 Å². The van der Waals surface area contributed by atoms with Crippen molar-refractivity contribution >= 4 is 29.3 Å². The summed E-state index contributed by atoms with van der Waals surface area (Å²) in [6, 6.07) is 26.5. The van der Waals surface area contributed by atoms with Crippen LogP contribution in [-0.4, -0.2) is 62.7 Å². The van der Waals surface area contributed by atoms with Gasteiger partial charge in [0.1, 0.15) is 0 Å². The first-order valence-electron chi connectivity index (χ1n) is 12.1. The normalized spacial score (nSPS) is 15.9. The summed E-state index contributed by atoms with van der Waals surface area (Å²) >= 11 is 12.4. The third-order valence-electron chi connectivity index (χ3n) is 6.48. The van der Waals surface area contributed by atoms with Crippen LogP contribution in [0.3, 0.4) is 0 Å². The van der Waals surface area contributed by atoms with E-state index in [-0.39, 0.29) is 6.04 Å². The number of piperazine rings is 1. The van der Waals surface area contributed by atoms with Crippen LogP contribution in [0.2, 0.25) is 10.0 Å². The first-order valence-corrected chi connectivity index (χ1v) is 12.9. The molecule has 2 heterocycles. The Labute approximate surface area is 221 Å². The summed E-state index contributed by atoms with van der Waals surface area (Å²) in [5, 5.41) is 13.9. The number of tetrazole rings is 1. The van der Waals surface area contributed by atoms with Crippen LogP contribution in [-0.2, 0) is 6.54 Å². The molecule has 1 aliphatic rings. The monoisotopic (exact) mass is 518 g/mol. The Balaban J connectivity index is 1.31. The number of nitrogens with zero attached hydrogens (tertiary/aromatic N) is 6. The lowest BCUT2D eigenvalue weighted by molar-refractivity contribution is 0.113. The first kappa shape index (κ1) is 24.7. The highest BCUT2D eigenvalue weighted by Crippen LogP contribution is 2.29. The zero-order chi connectivity index (χ0) is 24.7. The summed E-state index contributed by atoms with van der Waals surface area (Å²) in [4.78, 5) is 4.96. The Hall–Kier alpha value is -3.03. The van der Waals surface area contributed by atoms with Gasteiger partial charge in [-0.15, -0.1) is 5.10 Å². The van der Waals surface area contributed by atoms with Crippen molar-refractivity contribution < 1.29 is 0 Å². The zero-order valence-electron chi connectivity index (χ0n) is 19.9. The quantitative estimate of drug-likeness (QED) is 0.310. The summed E-state index contributed by atoms with van der Waals surface area (Å²) in [7, 11) is 0. The van der Waals surface area contributed by atoms with E-state index >= 15 is 0 Å². The van der Waals surface area contributed by atoms with Crippen LogP contribution in [0.4, 0.5) is 0 Å². The van der Waals surface area contributed by atoms with E-state index in [4.69, 9.17) is 23.2 Å². The van der Waals surface area contributed by atoms with E-state index in [1.54, 1.807) is 0 Å². The van der Waals surface area contributed by atoms with E-state index < -0.39 is 0 Å². The maximum atomic E-state index is 6.25. The lowest BCUT2D eigenvalue weighted by Gasteiger charge is -2.38. The third-order valence-corrected chi connectivity index (χ3v) is 7.22. The molecule has 0 aliphatic carbocycles. The molecule has 4 aromatic rings. The van der Waals surface area contributed by atoms with E-state index in [9.17, 15) is 0 Å². The molecule has 0 bridgehead atoms. The van der Waals surface area contributed by atoms with E-state index in [0.717, 1.165) is 44.1 Å². The predicted molar refractivity (Wildman–Crippen MR) is 145 cm³/mol. The van der Waals surface area contributed by atoms with Crippen LogP contribution < -0.4 is 0 Å². The van der Waals surface area contributed by atoms with Crippen molar-refractivity contribution in [3.05, 3.63) is 117 Å². The second kappa shape index (κ2) is 11.8. The van der Waals surface area contributed by atoms with Gasteiger partial charge >= 0.3 is 0 Å². The molecule has 0 saturated carbocycles. The van der Waals surface area contributed by atoms with E-state index in [1.807, 2.05) is 35.0 Å². The van der Waals surface area contributed by atoms with Gasteiger partial charge in [-0.2, -0.15) is 0 Å². The van der Waals surface area contributed by atoms with Crippen molar-refractivity contribution in [1.82, 2.24) is 30.0 Å². The highest BCUT2D eigenvalue weighted by atomic mass is 35.5. The standard InChI is InChI=1S/C28H28Cl2N6/c29-25-14-13-23(20-26(25)30)21-36-28(31-32-33-36)27(24-11-5-2-6-12-24)35-18-16-34(17-19-35)15-7-10-22-8-3-1-4-9-22/h1-14,20,27H,15-19,21H2. The van der Waals surface area contributed by atoms with Gasteiger partial charge in [0.05, 0.1) is 22.6 Å². The van der Waals surface area contributed by atoms with Gasteiger partial charge in [0.2, 0.25) is 0 Å².